The highest BCUT2D eigenvalue weighted by molar-refractivity contribution is 5.90. The molecule has 1 fully saturated rings. The van der Waals surface area contributed by atoms with Crippen LogP contribution in [0.25, 0.3) is 11.1 Å². The first-order valence-corrected chi connectivity index (χ1v) is 10.2. The number of carbonyl (C=O) groups is 1. The third-order valence-corrected chi connectivity index (χ3v) is 5.79. The van der Waals surface area contributed by atoms with E-state index in [1.807, 2.05) is 13.8 Å². The second kappa shape index (κ2) is 8.22. The summed E-state index contributed by atoms with van der Waals surface area (Å²) in [7, 11) is 0. The summed E-state index contributed by atoms with van der Waals surface area (Å²) in [5.41, 5.74) is 2.47. The van der Waals surface area contributed by atoms with Gasteiger partial charge in [0.1, 0.15) is 17.9 Å². The Morgan fingerprint density at radius 2 is 2.10 bits per heavy atom. The predicted octanol–water partition coefficient (Wildman–Crippen LogP) is 2.83. The fraction of sp³-hybridized carbons (Fsp3) is 0.409. The van der Waals surface area contributed by atoms with Crippen molar-refractivity contribution in [3.8, 4) is 11.5 Å². The third kappa shape index (κ3) is 3.90. The van der Waals surface area contributed by atoms with Crippen LogP contribution >= 0.6 is 0 Å². The number of nitrogens with one attached hydrogen (secondary N) is 1. The Bertz CT molecular complexity index is 1080. The van der Waals surface area contributed by atoms with Crippen LogP contribution in [-0.2, 0) is 11.2 Å². The number of furan rings is 1. The van der Waals surface area contributed by atoms with Crippen molar-refractivity contribution in [3.05, 3.63) is 41.4 Å². The quantitative estimate of drug-likeness (QED) is 0.555. The van der Waals surface area contributed by atoms with Crippen molar-refractivity contribution in [2.45, 2.75) is 33.1 Å². The number of phenolic OH excluding ortho intramolecular Hbond substituents is 2. The molecule has 8 nitrogen and oxygen atoms in total. The van der Waals surface area contributed by atoms with E-state index >= 15 is 0 Å². The molecule has 8 heteroatoms. The minimum Gasteiger partial charge on any atom is -0.504 e. The van der Waals surface area contributed by atoms with Gasteiger partial charge in [-0.15, -0.1) is 0 Å². The SMILES string of the molecule is Cc1oc2ncnc(N3CCCC(C(=O)NCCc4ccc(O)c(O)c4)C3)c2c1C. The number of hydrogen-bond acceptors (Lipinski definition) is 7. The molecule has 3 heterocycles. The molecule has 1 unspecified atom stereocenters. The van der Waals surface area contributed by atoms with Gasteiger partial charge in [-0.2, -0.15) is 0 Å². The topological polar surface area (TPSA) is 112 Å². The highest BCUT2D eigenvalue weighted by atomic mass is 16.3. The summed E-state index contributed by atoms with van der Waals surface area (Å²) in [5.74, 6) is 1.26. The smallest absolute Gasteiger partial charge is 0.231 e. The molecule has 1 atom stereocenters. The first-order chi connectivity index (χ1) is 14.4. The number of benzene rings is 1. The molecule has 3 N–H and O–H groups in total. The van der Waals surface area contributed by atoms with E-state index in [-0.39, 0.29) is 23.3 Å². The number of fused-ring (bicyclic) bond motifs is 1. The van der Waals surface area contributed by atoms with Crippen molar-refractivity contribution >= 4 is 22.8 Å². The zero-order chi connectivity index (χ0) is 21.3. The maximum Gasteiger partial charge on any atom is 0.231 e. The third-order valence-electron chi connectivity index (χ3n) is 5.79. The Morgan fingerprint density at radius 1 is 1.27 bits per heavy atom. The molecule has 1 saturated heterocycles. The fourth-order valence-corrected chi connectivity index (χ4v) is 3.99. The minimum absolute atomic E-state index is 0.0214. The van der Waals surface area contributed by atoms with Crippen LogP contribution in [0.15, 0.2) is 28.9 Å². The highest BCUT2D eigenvalue weighted by Gasteiger charge is 2.28. The van der Waals surface area contributed by atoms with Crippen LogP contribution in [0.1, 0.15) is 29.7 Å². The number of hydrogen-bond donors (Lipinski definition) is 3. The molecule has 3 aromatic rings. The van der Waals surface area contributed by atoms with Crippen LogP contribution in [0.5, 0.6) is 11.5 Å². The Kier molecular flexibility index (Phi) is 5.48. The van der Waals surface area contributed by atoms with Crippen LogP contribution in [-0.4, -0.2) is 45.7 Å². The lowest BCUT2D eigenvalue weighted by Crippen LogP contribution is -2.43. The van der Waals surface area contributed by atoms with Crippen molar-refractivity contribution in [1.82, 2.24) is 15.3 Å². The van der Waals surface area contributed by atoms with Gasteiger partial charge in [-0.3, -0.25) is 4.79 Å². The summed E-state index contributed by atoms with van der Waals surface area (Å²) in [6.45, 7) is 5.83. The molecule has 1 amide bonds. The Labute approximate surface area is 174 Å². The van der Waals surface area contributed by atoms with Gasteiger partial charge in [-0.05, 0) is 50.8 Å². The average molecular weight is 410 g/mol. The van der Waals surface area contributed by atoms with Gasteiger partial charge in [-0.25, -0.2) is 9.97 Å². The zero-order valence-corrected chi connectivity index (χ0v) is 17.2. The minimum atomic E-state index is -0.150. The van der Waals surface area contributed by atoms with Gasteiger partial charge < -0.3 is 24.8 Å². The number of anilines is 1. The lowest BCUT2D eigenvalue weighted by molar-refractivity contribution is -0.125. The van der Waals surface area contributed by atoms with Crippen LogP contribution in [0, 0.1) is 19.8 Å². The molecule has 30 heavy (non-hydrogen) atoms. The molecule has 0 saturated carbocycles. The first-order valence-electron chi connectivity index (χ1n) is 10.2. The Morgan fingerprint density at radius 3 is 2.90 bits per heavy atom. The molecule has 0 aliphatic carbocycles. The molecule has 4 rings (SSSR count). The Balaban J connectivity index is 1.40. The number of piperidine rings is 1. The van der Waals surface area contributed by atoms with E-state index in [4.69, 9.17) is 4.42 Å². The van der Waals surface area contributed by atoms with E-state index in [0.717, 1.165) is 47.5 Å². The number of aromatic nitrogens is 2. The van der Waals surface area contributed by atoms with Crippen molar-refractivity contribution in [1.29, 1.82) is 0 Å². The van der Waals surface area contributed by atoms with Crippen molar-refractivity contribution in [2.24, 2.45) is 5.92 Å². The second-order valence-corrected chi connectivity index (χ2v) is 7.81. The van der Waals surface area contributed by atoms with Crippen molar-refractivity contribution in [2.75, 3.05) is 24.5 Å². The maximum absolute atomic E-state index is 12.7. The number of aryl methyl sites for hydroxylation is 2. The van der Waals surface area contributed by atoms with Gasteiger partial charge in [0.15, 0.2) is 11.5 Å². The van der Waals surface area contributed by atoms with Gasteiger partial charge in [0.25, 0.3) is 0 Å². The fourth-order valence-electron chi connectivity index (χ4n) is 3.99. The Hall–Kier alpha value is -3.29. The van der Waals surface area contributed by atoms with E-state index in [1.165, 1.54) is 18.5 Å². The van der Waals surface area contributed by atoms with E-state index in [2.05, 4.69) is 20.2 Å². The molecule has 2 aromatic heterocycles. The summed E-state index contributed by atoms with van der Waals surface area (Å²) >= 11 is 0. The normalized spacial score (nSPS) is 16.7. The molecule has 0 radical (unpaired) electrons. The van der Waals surface area contributed by atoms with E-state index < -0.39 is 0 Å². The van der Waals surface area contributed by atoms with E-state index in [0.29, 0.717) is 25.2 Å². The van der Waals surface area contributed by atoms with Gasteiger partial charge in [0.05, 0.1) is 11.3 Å². The summed E-state index contributed by atoms with van der Waals surface area (Å²) in [5, 5.41) is 22.9. The number of nitrogens with zero attached hydrogens (tertiary/aromatic N) is 3. The molecule has 158 valence electrons. The number of carbonyl (C=O) groups excluding carboxylic acids is 1. The molecule has 1 aliphatic rings. The van der Waals surface area contributed by atoms with Crippen LogP contribution in [0.2, 0.25) is 0 Å². The van der Waals surface area contributed by atoms with Crippen LogP contribution in [0.3, 0.4) is 0 Å². The van der Waals surface area contributed by atoms with Crippen molar-refractivity contribution in [3.63, 3.8) is 0 Å². The largest absolute Gasteiger partial charge is 0.504 e. The monoisotopic (exact) mass is 410 g/mol. The van der Waals surface area contributed by atoms with E-state index in [9.17, 15) is 15.0 Å². The summed E-state index contributed by atoms with van der Waals surface area (Å²) in [6.07, 6.45) is 3.83. The van der Waals surface area contributed by atoms with Gasteiger partial charge in [-0.1, -0.05) is 6.07 Å². The number of amides is 1. The molecular weight excluding hydrogens is 384 g/mol. The molecule has 0 spiro atoms. The summed E-state index contributed by atoms with van der Waals surface area (Å²) < 4.78 is 5.72. The standard InChI is InChI=1S/C22H26N4O4/c1-13-14(2)30-22-19(13)20(24-12-25-22)26-9-3-4-16(11-26)21(29)23-8-7-15-5-6-17(27)18(28)10-15/h5-6,10,12,16,27-28H,3-4,7-9,11H2,1-2H3,(H,23,29). The number of phenols is 2. The second-order valence-electron chi connectivity index (χ2n) is 7.81. The first kappa shape index (κ1) is 20.0. The van der Waals surface area contributed by atoms with Gasteiger partial charge >= 0.3 is 0 Å². The molecule has 1 aliphatic heterocycles. The number of aromatic hydroxyl groups is 2. The average Bonchev–Trinajstić information content (AvgIpc) is 3.04. The van der Waals surface area contributed by atoms with E-state index in [1.54, 1.807) is 6.07 Å². The van der Waals surface area contributed by atoms with Gasteiger partial charge in [0, 0.05) is 25.2 Å². The lowest BCUT2D eigenvalue weighted by atomic mass is 9.96. The summed E-state index contributed by atoms with van der Waals surface area (Å²) in [4.78, 5) is 23.6. The highest BCUT2D eigenvalue weighted by Crippen LogP contribution is 2.32. The predicted molar refractivity (Wildman–Crippen MR) is 113 cm³/mol. The molecule has 1 aromatic carbocycles. The van der Waals surface area contributed by atoms with Gasteiger partial charge in [0.2, 0.25) is 11.6 Å². The summed E-state index contributed by atoms with van der Waals surface area (Å²) in [6, 6.07) is 4.70. The van der Waals surface area contributed by atoms with Crippen molar-refractivity contribution < 1.29 is 19.4 Å². The molecule has 0 bridgehead atoms. The lowest BCUT2D eigenvalue weighted by Gasteiger charge is -2.33. The molecular formula is C22H26N4O4. The van der Waals surface area contributed by atoms with Crippen LogP contribution < -0.4 is 10.2 Å². The van der Waals surface area contributed by atoms with Crippen LogP contribution in [0.4, 0.5) is 5.82 Å². The number of rotatable bonds is 5. The zero-order valence-electron chi connectivity index (χ0n) is 17.2. The maximum atomic E-state index is 12.7.